The highest BCUT2D eigenvalue weighted by Gasteiger charge is 2.26. The van der Waals surface area contributed by atoms with E-state index in [1.807, 2.05) is 6.07 Å². The molecule has 0 spiro atoms. The van der Waals surface area contributed by atoms with Crippen LogP contribution in [0.3, 0.4) is 0 Å². The Morgan fingerprint density at radius 2 is 2.07 bits per heavy atom. The minimum absolute atomic E-state index is 0.0372. The number of rotatable bonds is 8. The van der Waals surface area contributed by atoms with Crippen molar-refractivity contribution in [1.82, 2.24) is 20.2 Å². The van der Waals surface area contributed by atoms with Crippen LogP contribution in [0.5, 0.6) is 0 Å². The van der Waals surface area contributed by atoms with Crippen LogP contribution in [0.1, 0.15) is 46.5 Å². The number of esters is 1. The predicted molar refractivity (Wildman–Crippen MR) is 107 cm³/mol. The van der Waals surface area contributed by atoms with E-state index >= 15 is 0 Å². The molecule has 1 aromatic carbocycles. The second-order valence-electron chi connectivity index (χ2n) is 6.99. The lowest BCUT2D eigenvalue weighted by Crippen LogP contribution is -2.18. The number of aliphatic hydroxyl groups is 1. The first-order valence-corrected chi connectivity index (χ1v) is 9.48. The Morgan fingerprint density at radius 1 is 1.30 bits per heavy atom. The van der Waals surface area contributed by atoms with Gasteiger partial charge in [-0.2, -0.15) is 10.1 Å². The number of carbonyl (C=O) groups excluding carboxylic acids is 1. The molecule has 9 nitrogen and oxygen atoms in total. The number of nitrogens with one attached hydrogen (secondary N) is 3. The Kier molecular flexibility index (Phi) is 5.57. The molecule has 156 valence electrons. The zero-order valence-electron chi connectivity index (χ0n) is 16.2. The lowest BCUT2D eigenvalue weighted by molar-refractivity contribution is 0.0594. The summed E-state index contributed by atoms with van der Waals surface area (Å²) in [6, 6.07) is 8.47. The summed E-state index contributed by atoms with van der Waals surface area (Å²) in [6.45, 7) is -0.286. The molecular formula is C20H21FN6O3. The lowest BCUT2D eigenvalue weighted by Gasteiger charge is -2.17. The van der Waals surface area contributed by atoms with Crippen molar-refractivity contribution in [2.45, 2.75) is 24.8 Å². The van der Waals surface area contributed by atoms with Crippen molar-refractivity contribution in [2.75, 3.05) is 24.4 Å². The number of methoxy groups -OCH3 is 1. The summed E-state index contributed by atoms with van der Waals surface area (Å²) >= 11 is 0. The fourth-order valence-electron chi connectivity index (χ4n) is 3.00. The number of benzene rings is 1. The molecule has 1 atom stereocenters. The largest absolute Gasteiger partial charge is 0.464 e. The van der Waals surface area contributed by atoms with Crippen LogP contribution in [0.15, 0.2) is 36.4 Å². The summed E-state index contributed by atoms with van der Waals surface area (Å²) in [7, 11) is 1.26. The number of aromatic amines is 1. The van der Waals surface area contributed by atoms with Gasteiger partial charge in [0.2, 0.25) is 5.95 Å². The maximum absolute atomic E-state index is 13.2. The molecule has 0 saturated heterocycles. The number of aromatic nitrogens is 4. The van der Waals surface area contributed by atoms with Crippen LogP contribution in [-0.4, -0.2) is 45.0 Å². The number of aliphatic hydroxyl groups excluding tert-OH is 1. The SMILES string of the molecule is COC(=O)c1cc(Nc2cc(C3CC3)n[nH]2)nc(N[C@@H](CO)c2ccc(F)cc2)n1. The highest BCUT2D eigenvalue weighted by atomic mass is 19.1. The highest BCUT2D eigenvalue weighted by Crippen LogP contribution is 2.39. The highest BCUT2D eigenvalue weighted by molar-refractivity contribution is 5.88. The molecule has 10 heteroatoms. The van der Waals surface area contributed by atoms with E-state index < -0.39 is 12.0 Å². The van der Waals surface area contributed by atoms with Gasteiger partial charge in [-0.05, 0) is 30.5 Å². The van der Waals surface area contributed by atoms with Gasteiger partial charge >= 0.3 is 5.97 Å². The van der Waals surface area contributed by atoms with E-state index in [2.05, 4.69) is 30.8 Å². The van der Waals surface area contributed by atoms with Gasteiger partial charge < -0.3 is 20.5 Å². The fraction of sp³-hybridized carbons (Fsp3) is 0.300. The Labute approximate surface area is 171 Å². The normalized spacial score (nSPS) is 14.2. The molecule has 3 aromatic rings. The zero-order valence-corrected chi connectivity index (χ0v) is 16.2. The quantitative estimate of drug-likeness (QED) is 0.416. The van der Waals surface area contributed by atoms with Crippen LogP contribution in [0.4, 0.5) is 22.0 Å². The fourth-order valence-corrected chi connectivity index (χ4v) is 3.00. The first-order chi connectivity index (χ1) is 14.6. The van der Waals surface area contributed by atoms with Crippen LogP contribution in [0.25, 0.3) is 0 Å². The number of hydrogen-bond acceptors (Lipinski definition) is 8. The van der Waals surface area contributed by atoms with Crippen molar-refractivity contribution in [3.05, 3.63) is 59.2 Å². The first kappa shape index (κ1) is 19.8. The molecular weight excluding hydrogens is 391 g/mol. The van der Waals surface area contributed by atoms with E-state index in [4.69, 9.17) is 4.74 Å². The predicted octanol–water partition coefficient (Wildman–Crippen LogP) is 2.89. The Hall–Kier alpha value is -3.53. The third-order valence-electron chi connectivity index (χ3n) is 4.73. The number of H-pyrrole nitrogens is 1. The van der Waals surface area contributed by atoms with Crippen LogP contribution in [0.2, 0.25) is 0 Å². The van der Waals surface area contributed by atoms with E-state index in [-0.39, 0.29) is 24.1 Å². The summed E-state index contributed by atoms with van der Waals surface area (Å²) in [4.78, 5) is 20.6. The topological polar surface area (TPSA) is 125 Å². The zero-order chi connectivity index (χ0) is 21.1. The van der Waals surface area contributed by atoms with Crippen LogP contribution >= 0.6 is 0 Å². The average Bonchev–Trinajstić information content (AvgIpc) is 3.51. The summed E-state index contributed by atoms with van der Waals surface area (Å²) in [5.41, 5.74) is 1.66. The standard InChI is InChI=1S/C20H21FN6O3/c1-30-19(29)15-9-17(24-18-8-14(26-27-18)11-2-3-11)25-20(22-15)23-16(10-28)12-4-6-13(21)7-5-12/h4-9,11,16,28H,2-3,10H2,1H3,(H3,22,23,24,25,26,27)/t16-/m0/s1. The summed E-state index contributed by atoms with van der Waals surface area (Å²) in [5.74, 6) is 0.561. The second-order valence-corrected chi connectivity index (χ2v) is 6.99. The molecule has 0 aliphatic heterocycles. The molecule has 2 aromatic heterocycles. The monoisotopic (exact) mass is 412 g/mol. The van der Waals surface area contributed by atoms with Crippen molar-refractivity contribution in [2.24, 2.45) is 0 Å². The minimum Gasteiger partial charge on any atom is -0.464 e. The number of halogens is 1. The van der Waals surface area contributed by atoms with Gasteiger partial charge in [0.05, 0.1) is 25.5 Å². The minimum atomic E-state index is -0.630. The molecule has 1 aliphatic rings. The molecule has 1 aliphatic carbocycles. The van der Waals surface area contributed by atoms with E-state index in [9.17, 15) is 14.3 Å². The van der Waals surface area contributed by atoms with Crippen LogP contribution in [-0.2, 0) is 4.74 Å². The van der Waals surface area contributed by atoms with Gasteiger partial charge in [0.1, 0.15) is 17.5 Å². The van der Waals surface area contributed by atoms with Crippen molar-refractivity contribution in [3.8, 4) is 0 Å². The molecule has 1 saturated carbocycles. The molecule has 4 N–H and O–H groups in total. The molecule has 2 heterocycles. The summed E-state index contributed by atoms with van der Waals surface area (Å²) in [6.07, 6.45) is 2.26. The Bertz CT molecular complexity index is 1040. The number of hydrogen-bond donors (Lipinski definition) is 4. The smallest absolute Gasteiger partial charge is 0.356 e. The maximum atomic E-state index is 13.2. The number of nitrogens with zero attached hydrogens (tertiary/aromatic N) is 3. The van der Waals surface area contributed by atoms with E-state index in [0.717, 1.165) is 18.5 Å². The van der Waals surface area contributed by atoms with Crippen molar-refractivity contribution in [1.29, 1.82) is 0 Å². The van der Waals surface area contributed by atoms with Crippen molar-refractivity contribution in [3.63, 3.8) is 0 Å². The van der Waals surface area contributed by atoms with Gasteiger partial charge in [0.15, 0.2) is 5.69 Å². The average molecular weight is 412 g/mol. The third-order valence-corrected chi connectivity index (χ3v) is 4.73. The van der Waals surface area contributed by atoms with E-state index in [0.29, 0.717) is 23.1 Å². The Balaban J connectivity index is 1.59. The second kappa shape index (κ2) is 8.46. The van der Waals surface area contributed by atoms with E-state index in [1.165, 1.54) is 25.3 Å². The first-order valence-electron chi connectivity index (χ1n) is 9.48. The molecule has 0 radical (unpaired) electrons. The van der Waals surface area contributed by atoms with Crippen molar-refractivity contribution < 1.29 is 19.0 Å². The maximum Gasteiger partial charge on any atom is 0.356 e. The molecule has 1 fully saturated rings. The number of ether oxygens (including phenoxy) is 1. The lowest BCUT2D eigenvalue weighted by atomic mass is 10.1. The van der Waals surface area contributed by atoms with Gasteiger partial charge in [-0.25, -0.2) is 14.2 Å². The van der Waals surface area contributed by atoms with Crippen LogP contribution < -0.4 is 10.6 Å². The number of carbonyl (C=O) groups is 1. The van der Waals surface area contributed by atoms with E-state index in [1.54, 1.807) is 12.1 Å². The molecule has 0 bridgehead atoms. The molecule has 30 heavy (non-hydrogen) atoms. The molecule has 4 rings (SSSR count). The summed E-state index contributed by atoms with van der Waals surface area (Å²) in [5, 5.41) is 23.0. The van der Waals surface area contributed by atoms with Gasteiger partial charge in [-0.15, -0.1) is 0 Å². The summed E-state index contributed by atoms with van der Waals surface area (Å²) < 4.78 is 18.0. The van der Waals surface area contributed by atoms with Crippen molar-refractivity contribution >= 4 is 23.6 Å². The third kappa shape index (κ3) is 4.54. The molecule has 0 amide bonds. The van der Waals surface area contributed by atoms with Crippen LogP contribution in [0, 0.1) is 5.82 Å². The van der Waals surface area contributed by atoms with Gasteiger partial charge in [0.25, 0.3) is 0 Å². The molecule has 0 unspecified atom stereocenters. The van der Waals surface area contributed by atoms with Gasteiger partial charge in [-0.3, -0.25) is 5.10 Å². The number of anilines is 3. The Morgan fingerprint density at radius 3 is 2.73 bits per heavy atom. The van der Waals surface area contributed by atoms with Gasteiger partial charge in [0, 0.05) is 18.1 Å². The van der Waals surface area contributed by atoms with Gasteiger partial charge in [-0.1, -0.05) is 12.1 Å².